The Kier molecular flexibility index (Phi) is 4.06. The Morgan fingerprint density at radius 3 is 2.41 bits per heavy atom. The highest BCUT2D eigenvalue weighted by atomic mass is 32.2. The second-order valence-electron chi connectivity index (χ2n) is 6.00. The zero-order valence-corrected chi connectivity index (χ0v) is 13.8. The Balaban J connectivity index is 1.97. The minimum Gasteiger partial charge on any atom is -0.207 e. The van der Waals surface area contributed by atoms with Gasteiger partial charge in [-0.05, 0) is 44.4 Å². The van der Waals surface area contributed by atoms with Gasteiger partial charge in [0.05, 0.1) is 10.9 Å². The molecule has 22 heavy (non-hydrogen) atoms. The SMILES string of the molecule is Cc1ccc(S(=O)(=O)N2CCC[C@@H]2c2cccc(C)c2)cc1. The van der Waals surface area contributed by atoms with Gasteiger partial charge in [0, 0.05) is 6.54 Å². The van der Waals surface area contributed by atoms with Crippen molar-refractivity contribution < 1.29 is 8.42 Å². The van der Waals surface area contributed by atoms with Gasteiger partial charge in [0.25, 0.3) is 0 Å². The number of rotatable bonds is 3. The van der Waals surface area contributed by atoms with E-state index in [4.69, 9.17) is 0 Å². The van der Waals surface area contributed by atoms with Crippen molar-refractivity contribution in [1.82, 2.24) is 4.31 Å². The molecule has 0 aromatic heterocycles. The lowest BCUT2D eigenvalue weighted by molar-refractivity contribution is 0.396. The van der Waals surface area contributed by atoms with E-state index in [-0.39, 0.29) is 6.04 Å². The highest BCUT2D eigenvalue weighted by Gasteiger charge is 2.36. The maximum Gasteiger partial charge on any atom is 0.243 e. The Hall–Kier alpha value is -1.65. The topological polar surface area (TPSA) is 37.4 Å². The molecule has 2 aromatic carbocycles. The van der Waals surface area contributed by atoms with Crippen LogP contribution in [0, 0.1) is 13.8 Å². The van der Waals surface area contributed by atoms with E-state index >= 15 is 0 Å². The van der Waals surface area contributed by atoms with E-state index in [1.807, 2.05) is 44.2 Å². The van der Waals surface area contributed by atoms with Crippen LogP contribution in [0.3, 0.4) is 0 Å². The third kappa shape index (κ3) is 2.81. The fourth-order valence-corrected chi connectivity index (χ4v) is 4.77. The molecule has 1 aliphatic heterocycles. The summed E-state index contributed by atoms with van der Waals surface area (Å²) >= 11 is 0. The minimum absolute atomic E-state index is 0.0498. The van der Waals surface area contributed by atoms with Crippen molar-refractivity contribution >= 4 is 10.0 Å². The quantitative estimate of drug-likeness (QED) is 0.863. The third-order valence-corrected chi connectivity index (χ3v) is 6.18. The molecular formula is C18H21NO2S. The maximum absolute atomic E-state index is 12.9. The second-order valence-corrected chi connectivity index (χ2v) is 7.89. The van der Waals surface area contributed by atoms with Gasteiger partial charge in [-0.2, -0.15) is 4.31 Å². The number of nitrogens with zero attached hydrogens (tertiary/aromatic N) is 1. The smallest absolute Gasteiger partial charge is 0.207 e. The molecule has 0 spiro atoms. The van der Waals surface area contributed by atoms with Gasteiger partial charge < -0.3 is 0 Å². The Morgan fingerprint density at radius 1 is 1.00 bits per heavy atom. The van der Waals surface area contributed by atoms with E-state index in [1.54, 1.807) is 16.4 Å². The van der Waals surface area contributed by atoms with Gasteiger partial charge in [-0.1, -0.05) is 47.5 Å². The molecule has 0 N–H and O–H groups in total. The number of hydrogen-bond donors (Lipinski definition) is 0. The van der Waals surface area contributed by atoms with Crippen LogP contribution in [0.2, 0.25) is 0 Å². The molecule has 116 valence electrons. The molecule has 1 heterocycles. The lowest BCUT2D eigenvalue weighted by Crippen LogP contribution is -2.30. The molecule has 3 nitrogen and oxygen atoms in total. The van der Waals surface area contributed by atoms with Crippen LogP contribution in [0.5, 0.6) is 0 Å². The molecule has 0 radical (unpaired) electrons. The largest absolute Gasteiger partial charge is 0.243 e. The standard InChI is InChI=1S/C18H21NO2S/c1-14-8-10-17(11-9-14)22(20,21)19-12-4-7-18(19)16-6-3-5-15(2)13-16/h3,5-6,8-11,13,18H,4,7,12H2,1-2H3/t18-/m1/s1. The summed E-state index contributed by atoms with van der Waals surface area (Å²) in [6.07, 6.45) is 1.79. The molecular weight excluding hydrogens is 294 g/mol. The van der Waals surface area contributed by atoms with E-state index < -0.39 is 10.0 Å². The van der Waals surface area contributed by atoms with E-state index in [1.165, 1.54) is 0 Å². The van der Waals surface area contributed by atoms with Gasteiger partial charge in [0.1, 0.15) is 0 Å². The van der Waals surface area contributed by atoms with Crippen LogP contribution in [0.15, 0.2) is 53.4 Å². The lowest BCUT2D eigenvalue weighted by atomic mass is 10.0. The molecule has 3 rings (SSSR count). The van der Waals surface area contributed by atoms with Crippen LogP contribution in [0.1, 0.15) is 35.6 Å². The van der Waals surface area contributed by atoms with Gasteiger partial charge in [-0.25, -0.2) is 8.42 Å². The number of sulfonamides is 1. The predicted octanol–water partition coefficient (Wildman–Crippen LogP) is 3.83. The monoisotopic (exact) mass is 315 g/mol. The van der Waals surface area contributed by atoms with Crippen LogP contribution in [-0.4, -0.2) is 19.3 Å². The van der Waals surface area contributed by atoms with Gasteiger partial charge in [0.2, 0.25) is 10.0 Å². The summed E-state index contributed by atoms with van der Waals surface area (Å²) in [5.41, 5.74) is 3.32. The molecule has 0 bridgehead atoms. The van der Waals surface area contributed by atoms with Crippen molar-refractivity contribution in [2.45, 2.75) is 37.6 Å². The van der Waals surface area contributed by atoms with Crippen molar-refractivity contribution in [2.75, 3.05) is 6.54 Å². The number of benzene rings is 2. The average Bonchev–Trinajstić information content (AvgIpc) is 2.98. The summed E-state index contributed by atoms with van der Waals surface area (Å²) in [6, 6.07) is 15.2. The van der Waals surface area contributed by atoms with E-state index in [9.17, 15) is 8.42 Å². The zero-order valence-electron chi connectivity index (χ0n) is 13.0. The number of hydrogen-bond acceptors (Lipinski definition) is 2. The first-order chi connectivity index (χ1) is 10.5. The second kappa shape index (κ2) is 5.86. The lowest BCUT2D eigenvalue weighted by Gasteiger charge is -2.24. The first kappa shape index (κ1) is 15.3. The molecule has 1 saturated heterocycles. The first-order valence-electron chi connectivity index (χ1n) is 7.63. The van der Waals surface area contributed by atoms with Crippen LogP contribution < -0.4 is 0 Å². The van der Waals surface area contributed by atoms with Crippen LogP contribution in [0.25, 0.3) is 0 Å². The van der Waals surface area contributed by atoms with Gasteiger partial charge >= 0.3 is 0 Å². The van der Waals surface area contributed by atoms with Crippen molar-refractivity contribution in [3.63, 3.8) is 0 Å². The van der Waals surface area contributed by atoms with E-state index in [0.29, 0.717) is 11.4 Å². The van der Waals surface area contributed by atoms with Crippen molar-refractivity contribution in [2.24, 2.45) is 0 Å². The minimum atomic E-state index is -3.43. The molecule has 0 unspecified atom stereocenters. The van der Waals surface area contributed by atoms with Gasteiger partial charge in [0.15, 0.2) is 0 Å². The van der Waals surface area contributed by atoms with Crippen molar-refractivity contribution in [3.05, 3.63) is 65.2 Å². The van der Waals surface area contributed by atoms with E-state index in [2.05, 4.69) is 6.07 Å². The highest BCUT2D eigenvalue weighted by Crippen LogP contribution is 2.36. The van der Waals surface area contributed by atoms with Gasteiger partial charge in [-0.15, -0.1) is 0 Å². The van der Waals surface area contributed by atoms with Crippen molar-refractivity contribution in [1.29, 1.82) is 0 Å². The summed E-state index contributed by atoms with van der Waals surface area (Å²) in [5.74, 6) is 0. The van der Waals surface area contributed by atoms with Crippen molar-refractivity contribution in [3.8, 4) is 0 Å². The molecule has 2 aromatic rings. The molecule has 1 aliphatic rings. The molecule has 1 atom stereocenters. The zero-order chi connectivity index (χ0) is 15.7. The maximum atomic E-state index is 12.9. The fraction of sp³-hybridized carbons (Fsp3) is 0.333. The third-order valence-electron chi connectivity index (χ3n) is 4.26. The fourth-order valence-electron chi connectivity index (χ4n) is 3.08. The molecule has 1 fully saturated rings. The van der Waals surface area contributed by atoms with Crippen LogP contribution in [0.4, 0.5) is 0 Å². The molecule has 0 saturated carbocycles. The summed E-state index contributed by atoms with van der Waals surface area (Å²) in [6.45, 7) is 4.59. The Bertz CT molecular complexity index is 766. The summed E-state index contributed by atoms with van der Waals surface area (Å²) in [7, 11) is -3.43. The predicted molar refractivity (Wildman–Crippen MR) is 88.2 cm³/mol. The highest BCUT2D eigenvalue weighted by molar-refractivity contribution is 7.89. The summed E-state index contributed by atoms with van der Waals surface area (Å²) < 4.78 is 27.5. The normalized spacial score (nSPS) is 19.5. The summed E-state index contributed by atoms with van der Waals surface area (Å²) in [4.78, 5) is 0.387. The summed E-state index contributed by atoms with van der Waals surface area (Å²) in [5, 5.41) is 0. The van der Waals surface area contributed by atoms with Crippen LogP contribution >= 0.6 is 0 Å². The van der Waals surface area contributed by atoms with Crippen LogP contribution in [-0.2, 0) is 10.0 Å². The Labute approximate surface area is 132 Å². The van der Waals surface area contributed by atoms with Gasteiger partial charge in [-0.3, -0.25) is 0 Å². The molecule has 0 aliphatic carbocycles. The Morgan fingerprint density at radius 2 is 1.73 bits per heavy atom. The number of aryl methyl sites for hydroxylation is 2. The van der Waals surface area contributed by atoms with E-state index in [0.717, 1.165) is 29.5 Å². The first-order valence-corrected chi connectivity index (χ1v) is 9.07. The molecule has 4 heteroatoms. The average molecular weight is 315 g/mol. The molecule has 0 amide bonds.